The maximum Gasteiger partial charge on any atom is 0.219 e. The Bertz CT molecular complexity index is 631. The predicted molar refractivity (Wildman–Crippen MR) is 90.0 cm³/mol. The van der Waals surface area contributed by atoms with Gasteiger partial charge in [-0.15, -0.1) is 0 Å². The number of carbonyl (C=O) groups is 1. The summed E-state index contributed by atoms with van der Waals surface area (Å²) in [7, 11) is 0. The van der Waals surface area contributed by atoms with Crippen LogP contribution in [0.3, 0.4) is 0 Å². The number of piperidine rings is 1. The molecule has 0 bridgehead atoms. The Morgan fingerprint density at radius 2 is 1.70 bits per heavy atom. The van der Waals surface area contributed by atoms with Gasteiger partial charge in [0.05, 0.1) is 11.4 Å². The minimum Gasteiger partial charge on any atom is -0.343 e. The van der Waals surface area contributed by atoms with Gasteiger partial charge in [-0.3, -0.25) is 4.79 Å². The van der Waals surface area contributed by atoms with Gasteiger partial charge >= 0.3 is 0 Å². The van der Waals surface area contributed by atoms with Gasteiger partial charge in [0.25, 0.3) is 0 Å². The second-order valence-electron chi connectivity index (χ2n) is 6.33. The molecule has 120 valence electrons. The van der Waals surface area contributed by atoms with E-state index in [0.29, 0.717) is 5.92 Å². The van der Waals surface area contributed by atoms with Crippen molar-refractivity contribution in [1.29, 1.82) is 0 Å². The Morgan fingerprint density at radius 3 is 2.30 bits per heavy atom. The Morgan fingerprint density at radius 1 is 1.04 bits per heavy atom. The van der Waals surface area contributed by atoms with E-state index in [-0.39, 0.29) is 5.91 Å². The molecule has 23 heavy (non-hydrogen) atoms. The SMILES string of the molecule is CC(=O)N1CCC(Cc2ccc(Cc3ccccc3)nn2)CC1. The monoisotopic (exact) mass is 309 g/mol. The molecule has 0 aliphatic carbocycles. The molecule has 0 N–H and O–H groups in total. The summed E-state index contributed by atoms with van der Waals surface area (Å²) in [5.41, 5.74) is 3.32. The van der Waals surface area contributed by atoms with Gasteiger partial charge in [-0.1, -0.05) is 30.3 Å². The van der Waals surface area contributed by atoms with Gasteiger partial charge in [0, 0.05) is 26.4 Å². The summed E-state index contributed by atoms with van der Waals surface area (Å²) < 4.78 is 0. The third-order valence-corrected chi connectivity index (χ3v) is 4.56. The molecule has 1 aliphatic heterocycles. The van der Waals surface area contributed by atoms with E-state index in [1.165, 1.54) is 5.56 Å². The lowest BCUT2D eigenvalue weighted by Gasteiger charge is -2.31. The molecule has 1 aliphatic rings. The molecule has 1 saturated heterocycles. The molecule has 2 heterocycles. The highest BCUT2D eigenvalue weighted by Gasteiger charge is 2.21. The number of nitrogens with zero attached hydrogens (tertiary/aromatic N) is 3. The van der Waals surface area contributed by atoms with Crippen molar-refractivity contribution < 1.29 is 4.79 Å². The number of hydrogen-bond acceptors (Lipinski definition) is 3. The Labute approximate surface area is 137 Å². The second kappa shape index (κ2) is 7.36. The first-order valence-electron chi connectivity index (χ1n) is 8.31. The zero-order valence-corrected chi connectivity index (χ0v) is 13.6. The number of likely N-dealkylation sites (tertiary alicyclic amines) is 1. The predicted octanol–water partition coefficient (Wildman–Crippen LogP) is 2.87. The van der Waals surface area contributed by atoms with Crippen LogP contribution in [0, 0.1) is 5.92 Å². The molecule has 2 aromatic rings. The summed E-state index contributed by atoms with van der Waals surface area (Å²) in [5.74, 6) is 0.799. The van der Waals surface area contributed by atoms with Crippen molar-refractivity contribution in [3.63, 3.8) is 0 Å². The van der Waals surface area contributed by atoms with Crippen LogP contribution in [-0.2, 0) is 17.6 Å². The summed E-state index contributed by atoms with van der Waals surface area (Å²) in [4.78, 5) is 13.3. The first kappa shape index (κ1) is 15.7. The largest absolute Gasteiger partial charge is 0.343 e. The highest BCUT2D eigenvalue weighted by atomic mass is 16.2. The van der Waals surface area contributed by atoms with Gasteiger partial charge in [-0.05, 0) is 42.9 Å². The van der Waals surface area contributed by atoms with E-state index in [2.05, 4.69) is 34.5 Å². The minimum absolute atomic E-state index is 0.188. The lowest BCUT2D eigenvalue weighted by Crippen LogP contribution is -2.37. The fourth-order valence-electron chi connectivity index (χ4n) is 3.14. The van der Waals surface area contributed by atoms with Crippen molar-refractivity contribution in [2.45, 2.75) is 32.6 Å². The lowest BCUT2D eigenvalue weighted by atomic mass is 9.92. The lowest BCUT2D eigenvalue weighted by molar-refractivity contribution is -0.130. The van der Waals surface area contributed by atoms with Crippen molar-refractivity contribution in [2.75, 3.05) is 13.1 Å². The first-order chi connectivity index (χ1) is 11.2. The standard InChI is InChI=1S/C19H23N3O/c1-15(23)22-11-9-17(10-12-22)14-19-8-7-18(20-21-19)13-16-5-3-2-4-6-16/h2-8,17H,9-14H2,1H3. The Balaban J connectivity index is 1.53. The Hall–Kier alpha value is -2.23. The number of aromatic nitrogens is 2. The van der Waals surface area contributed by atoms with E-state index >= 15 is 0 Å². The van der Waals surface area contributed by atoms with E-state index in [9.17, 15) is 4.79 Å². The zero-order chi connectivity index (χ0) is 16.1. The van der Waals surface area contributed by atoms with Crippen LogP contribution in [0.4, 0.5) is 0 Å². The van der Waals surface area contributed by atoms with E-state index in [0.717, 1.165) is 50.2 Å². The third-order valence-electron chi connectivity index (χ3n) is 4.56. The van der Waals surface area contributed by atoms with E-state index in [1.807, 2.05) is 23.1 Å². The van der Waals surface area contributed by atoms with Crippen LogP contribution >= 0.6 is 0 Å². The highest BCUT2D eigenvalue weighted by Crippen LogP contribution is 2.21. The van der Waals surface area contributed by atoms with Crippen LogP contribution in [0.15, 0.2) is 42.5 Å². The molecule has 3 rings (SSSR count). The van der Waals surface area contributed by atoms with Gasteiger partial charge in [0.2, 0.25) is 5.91 Å². The zero-order valence-electron chi connectivity index (χ0n) is 13.6. The molecule has 0 saturated carbocycles. The molecule has 1 amide bonds. The summed E-state index contributed by atoms with van der Waals surface area (Å²) in [6.45, 7) is 3.40. The normalized spacial score (nSPS) is 15.6. The molecular weight excluding hydrogens is 286 g/mol. The second-order valence-corrected chi connectivity index (χ2v) is 6.33. The molecule has 1 fully saturated rings. The molecular formula is C19H23N3O. The molecule has 1 aromatic heterocycles. The molecule has 0 spiro atoms. The molecule has 0 atom stereocenters. The van der Waals surface area contributed by atoms with Crippen LogP contribution in [0.2, 0.25) is 0 Å². The van der Waals surface area contributed by atoms with Crippen molar-refractivity contribution in [3.05, 3.63) is 59.4 Å². The summed E-state index contributed by atoms with van der Waals surface area (Å²) in [6, 6.07) is 14.5. The molecule has 0 unspecified atom stereocenters. The molecule has 4 nitrogen and oxygen atoms in total. The van der Waals surface area contributed by atoms with Crippen LogP contribution < -0.4 is 0 Å². The molecule has 4 heteroatoms. The Kier molecular flexibility index (Phi) is 5.01. The third kappa shape index (κ3) is 4.38. The van der Waals surface area contributed by atoms with Gasteiger partial charge in [-0.2, -0.15) is 10.2 Å². The van der Waals surface area contributed by atoms with Gasteiger partial charge in [0.15, 0.2) is 0 Å². The van der Waals surface area contributed by atoms with E-state index in [4.69, 9.17) is 0 Å². The van der Waals surface area contributed by atoms with Crippen molar-refractivity contribution >= 4 is 5.91 Å². The van der Waals surface area contributed by atoms with Crippen molar-refractivity contribution in [1.82, 2.24) is 15.1 Å². The number of rotatable bonds is 4. The summed E-state index contributed by atoms with van der Waals surface area (Å²) in [6.07, 6.45) is 3.91. The summed E-state index contributed by atoms with van der Waals surface area (Å²) >= 11 is 0. The fourth-order valence-corrected chi connectivity index (χ4v) is 3.14. The number of carbonyl (C=O) groups excluding carboxylic acids is 1. The van der Waals surface area contributed by atoms with Crippen molar-refractivity contribution in [2.24, 2.45) is 5.92 Å². The fraction of sp³-hybridized carbons (Fsp3) is 0.421. The van der Waals surface area contributed by atoms with Crippen molar-refractivity contribution in [3.8, 4) is 0 Å². The topological polar surface area (TPSA) is 46.1 Å². The highest BCUT2D eigenvalue weighted by molar-refractivity contribution is 5.73. The van der Waals surface area contributed by atoms with Crippen LogP contribution in [0.5, 0.6) is 0 Å². The first-order valence-corrected chi connectivity index (χ1v) is 8.31. The van der Waals surface area contributed by atoms with Gasteiger partial charge < -0.3 is 4.90 Å². The average molecular weight is 309 g/mol. The van der Waals surface area contributed by atoms with Crippen LogP contribution in [0.25, 0.3) is 0 Å². The summed E-state index contributed by atoms with van der Waals surface area (Å²) in [5, 5.41) is 8.76. The number of amides is 1. The quantitative estimate of drug-likeness (QED) is 0.872. The minimum atomic E-state index is 0.188. The smallest absolute Gasteiger partial charge is 0.219 e. The molecule has 1 aromatic carbocycles. The maximum absolute atomic E-state index is 11.4. The van der Waals surface area contributed by atoms with Crippen LogP contribution in [-0.4, -0.2) is 34.1 Å². The molecule has 0 radical (unpaired) electrons. The van der Waals surface area contributed by atoms with E-state index in [1.54, 1.807) is 6.92 Å². The van der Waals surface area contributed by atoms with Crippen LogP contribution in [0.1, 0.15) is 36.7 Å². The number of hydrogen-bond donors (Lipinski definition) is 0. The van der Waals surface area contributed by atoms with Gasteiger partial charge in [-0.25, -0.2) is 0 Å². The maximum atomic E-state index is 11.4. The van der Waals surface area contributed by atoms with E-state index < -0.39 is 0 Å². The van der Waals surface area contributed by atoms with Gasteiger partial charge in [0.1, 0.15) is 0 Å². The average Bonchev–Trinajstić information content (AvgIpc) is 2.58. The number of benzene rings is 1.